The number of rotatable bonds is 6. The summed E-state index contributed by atoms with van der Waals surface area (Å²) >= 11 is 0. The zero-order valence-electron chi connectivity index (χ0n) is 11.4. The van der Waals surface area contributed by atoms with E-state index in [0.29, 0.717) is 26.1 Å². The van der Waals surface area contributed by atoms with Crippen LogP contribution in [0.15, 0.2) is 0 Å². The number of nitrogens with zero attached hydrogens (tertiary/aromatic N) is 1. The minimum atomic E-state index is -4.60. The third kappa shape index (κ3) is 7.32. The van der Waals surface area contributed by atoms with Gasteiger partial charge in [0.2, 0.25) is 0 Å². The van der Waals surface area contributed by atoms with Crippen molar-refractivity contribution in [2.24, 2.45) is 5.92 Å². The van der Waals surface area contributed by atoms with E-state index < -0.39 is 31.0 Å². The van der Waals surface area contributed by atoms with Crippen molar-refractivity contribution in [3.05, 3.63) is 0 Å². The van der Waals surface area contributed by atoms with Crippen molar-refractivity contribution in [3.8, 4) is 0 Å². The van der Waals surface area contributed by atoms with Gasteiger partial charge in [-0.25, -0.2) is 0 Å². The molecule has 9 heteroatoms. The van der Waals surface area contributed by atoms with Crippen LogP contribution in [0, 0.1) is 5.92 Å². The molecule has 1 aliphatic rings. The van der Waals surface area contributed by atoms with E-state index in [9.17, 15) is 26.3 Å². The number of hydrogen-bond donors (Lipinski definition) is 1. The summed E-state index contributed by atoms with van der Waals surface area (Å²) in [5.74, 6) is -0.803. The number of alkyl halides is 6. The highest BCUT2D eigenvalue weighted by atomic mass is 19.4. The molecule has 1 atom stereocenters. The SMILES string of the molecule is OC(C1CCN(CCCOCC(F)(F)F)CC1)C(F)(F)F. The minimum Gasteiger partial charge on any atom is -0.383 e. The molecule has 0 spiro atoms. The van der Waals surface area contributed by atoms with E-state index in [2.05, 4.69) is 4.74 Å². The molecule has 3 nitrogen and oxygen atoms in total. The molecule has 21 heavy (non-hydrogen) atoms. The Morgan fingerprint density at radius 2 is 1.67 bits per heavy atom. The van der Waals surface area contributed by atoms with Crippen LogP contribution in [-0.4, -0.2) is 61.3 Å². The van der Waals surface area contributed by atoms with Crippen LogP contribution in [0.3, 0.4) is 0 Å². The predicted octanol–water partition coefficient (Wildman–Crippen LogP) is 2.59. The van der Waals surface area contributed by atoms with Gasteiger partial charge >= 0.3 is 12.4 Å². The Morgan fingerprint density at radius 3 is 2.14 bits per heavy atom. The smallest absolute Gasteiger partial charge is 0.383 e. The lowest BCUT2D eigenvalue weighted by atomic mass is 9.91. The summed E-state index contributed by atoms with van der Waals surface area (Å²) in [6.45, 7) is -0.0433. The van der Waals surface area contributed by atoms with E-state index in [1.54, 1.807) is 0 Å². The molecule has 1 aliphatic heterocycles. The Labute approximate surface area is 118 Å². The van der Waals surface area contributed by atoms with Crippen LogP contribution >= 0.6 is 0 Å². The van der Waals surface area contributed by atoms with E-state index in [4.69, 9.17) is 5.11 Å². The standard InChI is InChI=1S/C12H19F6NO2/c13-11(14,15)8-21-7-1-4-19-5-2-9(3-6-19)10(20)12(16,17)18/h9-10,20H,1-8H2. The fraction of sp³-hybridized carbons (Fsp3) is 1.00. The Bertz CT molecular complexity index is 299. The fourth-order valence-corrected chi connectivity index (χ4v) is 2.34. The van der Waals surface area contributed by atoms with Crippen molar-refractivity contribution >= 4 is 0 Å². The maximum atomic E-state index is 12.3. The highest BCUT2D eigenvalue weighted by Crippen LogP contribution is 2.31. The zero-order valence-corrected chi connectivity index (χ0v) is 11.4. The van der Waals surface area contributed by atoms with Gasteiger partial charge in [-0.1, -0.05) is 0 Å². The molecule has 1 rings (SSSR count). The average Bonchev–Trinajstić information content (AvgIpc) is 2.36. The highest BCUT2D eigenvalue weighted by Gasteiger charge is 2.44. The highest BCUT2D eigenvalue weighted by molar-refractivity contribution is 4.81. The maximum absolute atomic E-state index is 12.3. The van der Waals surface area contributed by atoms with Crippen LogP contribution in [0.2, 0.25) is 0 Å². The summed E-state index contributed by atoms with van der Waals surface area (Å²) < 4.78 is 76.9. The third-order valence-electron chi connectivity index (χ3n) is 3.44. The molecule has 0 aromatic carbocycles. The molecule has 1 unspecified atom stereocenters. The van der Waals surface area contributed by atoms with E-state index in [-0.39, 0.29) is 19.4 Å². The van der Waals surface area contributed by atoms with Crippen molar-refractivity contribution in [2.75, 3.05) is 32.8 Å². The third-order valence-corrected chi connectivity index (χ3v) is 3.44. The predicted molar refractivity (Wildman–Crippen MR) is 62.7 cm³/mol. The first-order valence-corrected chi connectivity index (χ1v) is 6.71. The lowest BCUT2D eigenvalue weighted by molar-refractivity contribution is -0.223. The van der Waals surface area contributed by atoms with Crippen LogP contribution < -0.4 is 0 Å². The van der Waals surface area contributed by atoms with E-state index >= 15 is 0 Å². The summed E-state index contributed by atoms with van der Waals surface area (Å²) in [5.41, 5.74) is 0. The number of halogens is 6. The molecule has 1 fully saturated rings. The molecule has 126 valence electrons. The molecule has 0 saturated carbocycles. The summed E-state index contributed by atoms with van der Waals surface area (Å²) in [6, 6.07) is 0. The first-order chi connectivity index (χ1) is 9.59. The van der Waals surface area contributed by atoms with Crippen molar-refractivity contribution in [2.45, 2.75) is 37.7 Å². The summed E-state index contributed by atoms with van der Waals surface area (Å²) in [7, 11) is 0. The summed E-state index contributed by atoms with van der Waals surface area (Å²) in [5, 5.41) is 9.15. The molecule has 0 bridgehead atoms. The number of aliphatic hydroxyl groups is 1. The molecule has 1 saturated heterocycles. The first kappa shape index (κ1) is 18.5. The molecule has 0 radical (unpaired) electrons. The quantitative estimate of drug-likeness (QED) is 0.602. The van der Waals surface area contributed by atoms with Crippen molar-refractivity contribution in [1.82, 2.24) is 4.90 Å². The van der Waals surface area contributed by atoms with Gasteiger partial charge in [0.15, 0.2) is 6.10 Å². The minimum absolute atomic E-state index is 0.0371. The van der Waals surface area contributed by atoms with Gasteiger partial charge in [0, 0.05) is 13.2 Å². The number of likely N-dealkylation sites (tertiary alicyclic amines) is 1. The van der Waals surface area contributed by atoms with Crippen molar-refractivity contribution in [1.29, 1.82) is 0 Å². The second kappa shape index (κ2) is 7.64. The zero-order chi connectivity index (χ0) is 16.1. The van der Waals surface area contributed by atoms with E-state index in [1.165, 1.54) is 0 Å². The van der Waals surface area contributed by atoms with Gasteiger partial charge in [-0.2, -0.15) is 26.3 Å². The second-order valence-electron chi connectivity index (χ2n) is 5.19. The van der Waals surface area contributed by atoms with E-state index in [0.717, 1.165) is 0 Å². The Hall–Kier alpha value is -0.540. The first-order valence-electron chi connectivity index (χ1n) is 6.71. The Morgan fingerprint density at radius 1 is 1.10 bits per heavy atom. The molecule has 0 aromatic heterocycles. The normalized spacial score (nSPS) is 20.7. The molecule has 0 aliphatic carbocycles. The summed E-state index contributed by atoms with van der Waals surface area (Å²) in [6.07, 6.45) is -10.4. The van der Waals surface area contributed by atoms with Gasteiger partial charge in [0.25, 0.3) is 0 Å². The van der Waals surface area contributed by atoms with E-state index in [1.807, 2.05) is 4.90 Å². The maximum Gasteiger partial charge on any atom is 0.414 e. The van der Waals surface area contributed by atoms with Crippen LogP contribution in [0.4, 0.5) is 26.3 Å². The molecular weight excluding hydrogens is 304 g/mol. The van der Waals surface area contributed by atoms with Gasteiger partial charge < -0.3 is 14.7 Å². The topological polar surface area (TPSA) is 32.7 Å². The van der Waals surface area contributed by atoms with Gasteiger partial charge in [0.1, 0.15) is 6.61 Å². The fourth-order valence-electron chi connectivity index (χ4n) is 2.34. The van der Waals surface area contributed by atoms with Crippen LogP contribution in [-0.2, 0) is 4.74 Å². The Kier molecular flexibility index (Phi) is 6.73. The molecule has 1 heterocycles. The van der Waals surface area contributed by atoms with Gasteiger partial charge in [-0.05, 0) is 38.3 Å². The van der Waals surface area contributed by atoms with Gasteiger partial charge in [-0.3, -0.25) is 0 Å². The lowest BCUT2D eigenvalue weighted by Crippen LogP contribution is -2.43. The monoisotopic (exact) mass is 323 g/mol. The molecule has 0 aromatic rings. The number of ether oxygens (including phenoxy) is 1. The lowest BCUT2D eigenvalue weighted by Gasteiger charge is -2.34. The number of hydrogen-bond acceptors (Lipinski definition) is 3. The number of aliphatic hydroxyl groups excluding tert-OH is 1. The average molecular weight is 323 g/mol. The second-order valence-corrected chi connectivity index (χ2v) is 5.19. The molecule has 0 amide bonds. The van der Waals surface area contributed by atoms with Crippen molar-refractivity contribution in [3.63, 3.8) is 0 Å². The summed E-state index contributed by atoms with van der Waals surface area (Å²) in [4.78, 5) is 1.87. The van der Waals surface area contributed by atoms with Crippen LogP contribution in [0.25, 0.3) is 0 Å². The van der Waals surface area contributed by atoms with Crippen molar-refractivity contribution < 1.29 is 36.2 Å². The molecular formula is C12H19F6NO2. The largest absolute Gasteiger partial charge is 0.414 e. The van der Waals surface area contributed by atoms with Gasteiger partial charge in [-0.15, -0.1) is 0 Å². The van der Waals surface area contributed by atoms with Gasteiger partial charge in [0.05, 0.1) is 0 Å². The van der Waals surface area contributed by atoms with Crippen LogP contribution in [0.5, 0.6) is 0 Å². The van der Waals surface area contributed by atoms with Crippen LogP contribution in [0.1, 0.15) is 19.3 Å². The Balaban J connectivity index is 2.14. The number of piperidine rings is 1. The molecule has 1 N–H and O–H groups in total.